The number of benzene rings is 1. The van der Waals surface area contributed by atoms with Gasteiger partial charge in [-0.05, 0) is 17.2 Å². The van der Waals surface area contributed by atoms with Crippen LogP contribution in [0.5, 0.6) is 0 Å². The van der Waals surface area contributed by atoms with Crippen molar-refractivity contribution in [1.29, 1.82) is 15.8 Å². The monoisotopic (exact) mass is 352 g/mol. The number of rotatable bonds is 1. The van der Waals surface area contributed by atoms with Crippen molar-refractivity contribution in [3.8, 4) is 18.2 Å². The number of nitriles is 3. The van der Waals surface area contributed by atoms with Crippen molar-refractivity contribution in [1.82, 2.24) is 0 Å². The van der Waals surface area contributed by atoms with Crippen LogP contribution in [0, 0.1) is 45.3 Å². The molecule has 0 bridgehead atoms. The Morgan fingerprint density at radius 1 is 1.21 bits per heavy atom. The van der Waals surface area contributed by atoms with Crippen LogP contribution in [0.2, 0.25) is 5.02 Å². The molecule has 1 aromatic carbocycles. The Hall–Kier alpha value is -2.39. The standard InChI is InChI=1S/C18H13ClN4S/c19-15-4-2-1-3-12(15)16-14-8-24-6-5-11(14)13(7-20)17(23)18(16,9-21)10-22/h1-5,14,16H,6,8,23H2/t14-,16-/m0/s1. The summed E-state index contributed by atoms with van der Waals surface area (Å²) in [6.07, 6.45) is 1.98. The molecule has 2 atom stereocenters. The van der Waals surface area contributed by atoms with Crippen LogP contribution in [-0.2, 0) is 0 Å². The molecule has 2 aliphatic rings. The lowest BCUT2D eigenvalue weighted by Crippen LogP contribution is -2.43. The Bertz CT molecular complexity index is 868. The number of hydrogen-bond donors (Lipinski definition) is 1. The summed E-state index contributed by atoms with van der Waals surface area (Å²) in [5.41, 5.74) is 6.46. The summed E-state index contributed by atoms with van der Waals surface area (Å²) in [5.74, 6) is 0.846. The average molecular weight is 353 g/mol. The highest BCUT2D eigenvalue weighted by Crippen LogP contribution is 2.55. The quantitative estimate of drug-likeness (QED) is 0.834. The van der Waals surface area contributed by atoms with Crippen LogP contribution in [0.25, 0.3) is 0 Å². The average Bonchev–Trinajstić information content (AvgIpc) is 2.62. The number of fused-ring (bicyclic) bond motifs is 1. The second-order valence-electron chi connectivity index (χ2n) is 5.73. The molecule has 0 saturated carbocycles. The molecule has 3 rings (SSSR count). The summed E-state index contributed by atoms with van der Waals surface area (Å²) in [6.45, 7) is 0. The summed E-state index contributed by atoms with van der Waals surface area (Å²) in [5, 5.41) is 29.8. The van der Waals surface area contributed by atoms with E-state index in [2.05, 4.69) is 18.2 Å². The number of thioether (sulfide) groups is 1. The van der Waals surface area contributed by atoms with Gasteiger partial charge in [0.25, 0.3) is 0 Å². The highest BCUT2D eigenvalue weighted by Gasteiger charge is 2.54. The van der Waals surface area contributed by atoms with Gasteiger partial charge in [0.1, 0.15) is 6.07 Å². The van der Waals surface area contributed by atoms with Crippen LogP contribution in [0.3, 0.4) is 0 Å². The molecule has 4 nitrogen and oxygen atoms in total. The van der Waals surface area contributed by atoms with E-state index in [0.717, 1.165) is 16.9 Å². The highest BCUT2D eigenvalue weighted by molar-refractivity contribution is 7.99. The van der Waals surface area contributed by atoms with Crippen LogP contribution >= 0.6 is 23.4 Å². The lowest BCUT2D eigenvalue weighted by atomic mass is 9.59. The second kappa shape index (κ2) is 6.25. The van der Waals surface area contributed by atoms with Gasteiger partial charge in [-0.2, -0.15) is 27.5 Å². The molecular weight excluding hydrogens is 340 g/mol. The third kappa shape index (κ3) is 2.20. The maximum absolute atomic E-state index is 9.87. The van der Waals surface area contributed by atoms with Gasteiger partial charge in [0, 0.05) is 28.4 Å². The summed E-state index contributed by atoms with van der Waals surface area (Å²) in [6, 6.07) is 13.5. The van der Waals surface area contributed by atoms with Gasteiger partial charge in [-0.15, -0.1) is 0 Å². The van der Waals surface area contributed by atoms with Crippen LogP contribution in [0.1, 0.15) is 11.5 Å². The first kappa shape index (κ1) is 16.5. The molecule has 0 radical (unpaired) electrons. The van der Waals surface area contributed by atoms with E-state index in [4.69, 9.17) is 17.3 Å². The fourth-order valence-electron chi connectivity index (χ4n) is 3.56. The van der Waals surface area contributed by atoms with Crippen molar-refractivity contribution in [3.63, 3.8) is 0 Å². The molecule has 0 fully saturated rings. The van der Waals surface area contributed by atoms with Crippen LogP contribution in [-0.4, -0.2) is 11.5 Å². The maximum Gasteiger partial charge on any atom is 0.191 e. The largest absolute Gasteiger partial charge is 0.399 e. The van der Waals surface area contributed by atoms with E-state index in [1.165, 1.54) is 0 Å². The summed E-state index contributed by atoms with van der Waals surface area (Å²) < 4.78 is 0. The number of allylic oxidation sites excluding steroid dienone is 3. The first-order valence-corrected chi connectivity index (χ1v) is 8.89. The molecule has 24 heavy (non-hydrogen) atoms. The smallest absolute Gasteiger partial charge is 0.191 e. The highest BCUT2D eigenvalue weighted by atomic mass is 35.5. The SMILES string of the molecule is N#CC1=C(N)C(C#N)(C#N)[C@@H](c2ccccc2Cl)[C@H]2CSCC=C12. The lowest BCUT2D eigenvalue weighted by molar-refractivity contribution is 0.368. The minimum atomic E-state index is -1.60. The Kier molecular flexibility index (Phi) is 4.29. The Balaban J connectivity index is 2.37. The van der Waals surface area contributed by atoms with Gasteiger partial charge in [-0.25, -0.2) is 0 Å². The van der Waals surface area contributed by atoms with E-state index in [-0.39, 0.29) is 17.2 Å². The van der Waals surface area contributed by atoms with Gasteiger partial charge < -0.3 is 5.73 Å². The summed E-state index contributed by atoms with van der Waals surface area (Å²) in [7, 11) is 0. The van der Waals surface area contributed by atoms with Crippen molar-refractivity contribution >= 4 is 23.4 Å². The van der Waals surface area contributed by atoms with Gasteiger partial charge >= 0.3 is 0 Å². The van der Waals surface area contributed by atoms with Gasteiger partial charge in [0.05, 0.1) is 23.4 Å². The molecule has 1 aromatic rings. The first-order valence-electron chi connectivity index (χ1n) is 7.36. The van der Waals surface area contributed by atoms with Crippen molar-refractivity contribution < 1.29 is 0 Å². The number of halogens is 1. The fourth-order valence-corrected chi connectivity index (χ4v) is 4.87. The molecule has 0 spiro atoms. The van der Waals surface area contributed by atoms with Crippen LogP contribution in [0.15, 0.2) is 47.2 Å². The van der Waals surface area contributed by atoms with Crippen molar-refractivity contribution in [2.75, 3.05) is 11.5 Å². The zero-order valence-corrected chi connectivity index (χ0v) is 14.2. The van der Waals surface area contributed by atoms with Gasteiger partial charge in [-0.3, -0.25) is 0 Å². The summed E-state index contributed by atoms with van der Waals surface area (Å²) in [4.78, 5) is 0. The molecule has 6 heteroatoms. The molecule has 0 saturated heterocycles. The second-order valence-corrected chi connectivity index (χ2v) is 7.22. The normalized spacial score (nSPS) is 24.8. The minimum Gasteiger partial charge on any atom is -0.399 e. The van der Waals surface area contributed by atoms with E-state index in [1.807, 2.05) is 18.2 Å². The van der Waals surface area contributed by atoms with E-state index >= 15 is 0 Å². The molecule has 2 N–H and O–H groups in total. The number of hydrogen-bond acceptors (Lipinski definition) is 5. The predicted octanol–water partition coefficient (Wildman–Crippen LogP) is 3.50. The van der Waals surface area contributed by atoms with Crippen molar-refractivity contribution in [2.45, 2.75) is 5.92 Å². The molecule has 0 amide bonds. The molecule has 1 aliphatic heterocycles. The first-order chi connectivity index (χ1) is 11.6. The van der Waals surface area contributed by atoms with Gasteiger partial charge in [-0.1, -0.05) is 35.9 Å². The molecule has 0 aromatic heterocycles. The third-order valence-corrected chi connectivity index (χ3v) is 6.02. The van der Waals surface area contributed by atoms with Gasteiger partial charge in [0.2, 0.25) is 0 Å². The van der Waals surface area contributed by atoms with E-state index in [9.17, 15) is 15.8 Å². The van der Waals surface area contributed by atoms with Gasteiger partial charge in [0.15, 0.2) is 5.41 Å². The maximum atomic E-state index is 9.87. The van der Waals surface area contributed by atoms with E-state index in [1.54, 1.807) is 23.9 Å². The predicted molar refractivity (Wildman–Crippen MR) is 93.6 cm³/mol. The van der Waals surface area contributed by atoms with Crippen molar-refractivity contribution in [2.24, 2.45) is 17.1 Å². The molecule has 0 unspecified atom stereocenters. The zero-order valence-electron chi connectivity index (χ0n) is 12.7. The Morgan fingerprint density at radius 3 is 2.54 bits per heavy atom. The molecule has 1 aliphatic carbocycles. The minimum absolute atomic E-state index is 0.0364. The molecule has 118 valence electrons. The molecule has 1 heterocycles. The van der Waals surface area contributed by atoms with E-state index in [0.29, 0.717) is 10.8 Å². The topological polar surface area (TPSA) is 97.4 Å². The van der Waals surface area contributed by atoms with Crippen LogP contribution in [0.4, 0.5) is 0 Å². The lowest BCUT2D eigenvalue weighted by Gasteiger charge is -2.43. The number of nitrogens with zero attached hydrogens (tertiary/aromatic N) is 3. The molecular formula is C18H13ClN4S. The Morgan fingerprint density at radius 2 is 1.92 bits per heavy atom. The zero-order chi connectivity index (χ0) is 17.3. The van der Waals surface area contributed by atoms with Crippen LogP contribution < -0.4 is 5.73 Å². The van der Waals surface area contributed by atoms with E-state index < -0.39 is 11.3 Å². The number of nitrogens with two attached hydrogens (primary N) is 1. The van der Waals surface area contributed by atoms with Crippen molar-refractivity contribution in [3.05, 3.63) is 57.8 Å². The Labute approximate surface area is 149 Å². The third-order valence-electron chi connectivity index (χ3n) is 4.67. The summed E-state index contributed by atoms with van der Waals surface area (Å²) >= 11 is 8.09. The fraction of sp³-hybridized carbons (Fsp3) is 0.278.